The maximum absolute atomic E-state index is 12.0. The summed E-state index contributed by atoms with van der Waals surface area (Å²) < 4.78 is 0. The number of hydrogen-bond acceptors (Lipinski definition) is 2. The van der Waals surface area contributed by atoms with Gasteiger partial charge in [0.15, 0.2) is 0 Å². The highest BCUT2D eigenvalue weighted by Crippen LogP contribution is 2.27. The first-order valence-electron chi connectivity index (χ1n) is 7.45. The van der Waals surface area contributed by atoms with Gasteiger partial charge in [-0.05, 0) is 60.1 Å². The van der Waals surface area contributed by atoms with Crippen LogP contribution in [-0.4, -0.2) is 29.9 Å². The van der Waals surface area contributed by atoms with Gasteiger partial charge in [-0.1, -0.05) is 18.2 Å². The molecule has 1 aliphatic rings. The Morgan fingerprint density at radius 2 is 1.71 bits per heavy atom. The van der Waals surface area contributed by atoms with Crippen molar-refractivity contribution in [3.63, 3.8) is 0 Å². The lowest BCUT2D eigenvalue weighted by atomic mass is 9.89. The molecule has 1 heterocycles. The van der Waals surface area contributed by atoms with Crippen LogP contribution in [0.3, 0.4) is 0 Å². The molecule has 0 N–H and O–H groups in total. The van der Waals surface area contributed by atoms with E-state index in [-0.39, 0.29) is 5.91 Å². The number of aryl methyl sites for hydroxylation is 2. The van der Waals surface area contributed by atoms with Crippen LogP contribution in [0, 0.1) is 0 Å². The topological polar surface area (TPSA) is 33.2 Å². The zero-order chi connectivity index (χ0) is 14.8. The van der Waals surface area contributed by atoms with Crippen LogP contribution in [0.4, 0.5) is 0 Å². The summed E-state index contributed by atoms with van der Waals surface area (Å²) in [5.74, 6) is -0.0604. The Balaban J connectivity index is 1.97. The molecule has 3 heteroatoms. The van der Waals surface area contributed by atoms with Crippen LogP contribution in [0.15, 0.2) is 36.5 Å². The second kappa shape index (κ2) is 5.68. The molecule has 108 valence electrons. The minimum Gasteiger partial charge on any atom is -0.343 e. The van der Waals surface area contributed by atoms with Gasteiger partial charge >= 0.3 is 0 Å². The van der Waals surface area contributed by atoms with Crippen molar-refractivity contribution in [2.75, 3.05) is 14.1 Å². The maximum atomic E-state index is 12.0. The number of benzene rings is 1. The van der Waals surface area contributed by atoms with Crippen LogP contribution in [0.1, 0.15) is 34.5 Å². The van der Waals surface area contributed by atoms with Gasteiger partial charge in [-0.15, -0.1) is 0 Å². The minimum absolute atomic E-state index is 0.0604. The summed E-state index contributed by atoms with van der Waals surface area (Å²) in [7, 11) is 3.49. The predicted molar refractivity (Wildman–Crippen MR) is 84.3 cm³/mol. The quantitative estimate of drug-likeness (QED) is 0.845. The highest BCUT2D eigenvalue weighted by atomic mass is 16.2. The SMILES string of the molecule is CN(C)C(=O)c1cc(-c2ccc3c(c2)CCCC3)ccn1. The number of amides is 1. The molecule has 0 bridgehead atoms. The zero-order valence-electron chi connectivity index (χ0n) is 12.6. The van der Waals surface area contributed by atoms with Gasteiger partial charge < -0.3 is 4.90 Å². The number of pyridine rings is 1. The highest BCUT2D eigenvalue weighted by molar-refractivity contribution is 5.93. The fourth-order valence-corrected chi connectivity index (χ4v) is 2.87. The summed E-state index contributed by atoms with van der Waals surface area (Å²) >= 11 is 0. The van der Waals surface area contributed by atoms with E-state index in [0.717, 1.165) is 12.0 Å². The molecule has 2 aromatic rings. The third kappa shape index (κ3) is 2.82. The molecular formula is C18H20N2O. The Morgan fingerprint density at radius 3 is 2.48 bits per heavy atom. The van der Waals surface area contributed by atoms with Gasteiger partial charge in [0.1, 0.15) is 5.69 Å². The third-order valence-electron chi connectivity index (χ3n) is 4.07. The number of nitrogens with zero attached hydrogens (tertiary/aromatic N) is 2. The molecule has 1 aromatic heterocycles. The molecule has 3 nitrogen and oxygen atoms in total. The van der Waals surface area contributed by atoms with E-state index in [1.165, 1.54) is 36.0 Å². The largest absolute Gasteiger partial charge is 0.343 e. The molecule has 0 radical (unpaired) electrons. The fourth-order valence-electron chi connectivity index (χ4n) is 2.87. The molecule has 1 aromatic carbocycles. The summed E-state index contributed by atoms with van der Waals surface area (Å²) in [5, 5.41) is 0. The van der Waals surface area contributed by atoms with Crippen molar-refractivity contribution in [2.45, 2.75) is 25.7 Å². The first-order valence-corrected chi connectivity index (χ1v) is 7.45. The lowest BCUT2D eigenvalue weighted by molar-refractivity contribution is 0.0822. The molecule has 0 fully saturated rings. The molecule has 0 aliphatic heterocycles. The van der Waals surface area contributed by atoms with E-state index in [4.69, 9.17) is 0 Å². The number of carbonyl (C=O) groups excluding carboxylic acids is 1. The summed E-state index contributed by atoms with van der Waals surface area (Å²) in [5.41, 5.74) is 5.66. The van der Waals surface area contributed by atoms with Crippen molar-refractivity contribution in [3.05, 3.63) is 53.3 Å². The Labute approximate surface area is 125 Å². The van der Waals surface area contributed by atoms with Crippen molar-refractivity contribution in [1.29, 1.82) is 0 Å². The molecular weight excluding hydrogens is 260 g/mol. The van der Waals surface area contributed by atoms with Gasteiger partial charge in [0, 0.05) is 20.3 Å². The lowest BCUT2D eigenvalue weighted by Crippen LogP contribution is -2.22. The lowest BCUT2D eigenvalue weighted by Gasteiger charge is -2.17. The highest BCUT2D eigenvalue weighted by Gasteiger charge is 2.13. The number of hydrogen-bond donors (Lipinski definition) is 0. The van der Waals surface area contributed by atoms with Crippen LogP contribution < -0.4 is 0 Å². The normalized spacial score (nSPS) is 13.6. The average Bonchev–Trinajstić information content (AvgIpc) is 2.53. The summed E-state index contributed by atoms with van der Waals surface area (Å²) in [4.78, 5) is 17.8. The van der Waals surface area contributed by atoms with Crippen molar-refractivity contribution in [3.8, 4) is 11.1 Å². The molecule has 21 heavy (non-hydrogen) atoms. The Hall–Kier alpha value is -2.16. The minimum atomic E-state index is -0.0604. The van der Waals surface area contributed by atoms with Crippen molar-refractivity contribution in [1.82, 2.24) is 9.88 Å². The molecule has 0 atom stereocenters. The summed E-state index contributed by atoms with van der Waals surface area (Å²) in [6.07, 6.45) is 6.64. The van der Waals surface area contributed by atoms with Gasteiger partial charge in [0.2, 0.25) is 0 Å². The molecule has 1 aliphatic carbocycles. The Kier molecular flexibility index (Phi) is 3.74. The predicted octanol–water partition coefficient (Wildman–Crippen LogP) is 3.33. The van der Waals surface area contributed by atoms with Gasteiger partial charge in [-0.2, -0.15) is 0 Å². The van der Waals surface area contributed by atoms with E-state index in [1.54, 1.807) is 25.2 Å². The van der Waals surface area contributed by atoms with E-state index >= 15 is 0 Å². The second-order valence-electron chi connectivity index (χ2n) is 5.82. The van der Waals surface area contributed by atoms with Crippen LogP contribution in [0.5, 0.6) is 0 Å². The van der Waals surface area contributed by atoms with Crippen LogP contribution in [0.25, 0.3) is 11.1 Å². The van der Waals surface area contributed by atoms with Gasteiger partial charge in [-0.25, -0.2) is 0 Å². The number of carbonyl (C=O) groups is 1. The summed E-state index contributed by atoms with van der Waals surface area (Å²) in [6, 6.07) is 10.5. The van der Waals surface area contributed by atoms with E-state index < -0.39 is 0 Å². The smallest absolute Gasteiger partial charge is 0.271 e. The first kappa shape index (κ1) is 13.8. The molecule has 0 saturated heterocycles. The Morgan fingerprint density at radius 1 is 1.00 bits per heavy atom. The van der Waals surface area contributed by atoms with Gasteiger partial charge in [-0.3, -0.25) is 9.78 Å². The molecule has 1 amide bonds. The van der Waals surface area contributed by atoms with Crippen molar-refractivity contribution in [2.24, 2.45) is 0 Å². The second-order valence-corrected chi connectivity index (χ2v) is 5.82. The van der Waals surface area contributed by atoms with Crippen LogP contribution in [-0.2, 0) is 12.8 Å². The molecule has 0 spiro atoms. The Bertz CT molecular complexity index is 677. The van der Waals surface area contributed by atoms with Crippen molar-refractivity contribution < 1.29 is 4.79 Å². The average molecular weight is 280 g/mol. The van der Waals surface area contributed by atoms with E-state index in [2.05, 4.69) is 23.2 Å². The van der Waals surface area contributed by atoms with E-state index in [9.17, 15) is 4.79 Å². The maximum Gasteiger partial charge on any atom is 0.271 e. The zero-order valence-corrected chi connectivity index (χ0v) is 12.6. The van der Waals surface area contributed by atoms with E-state index in [1.807, 2.05) is 12.1 Å². The molecule has 0 unspecified atom stereocenters. The van der Waals surface area contributed by atoms with Crippen LogP contribution in [0.2, 0.25) is 0 Å². The molecule has 3 rings (SSSR count). The monoisotopic (exact) mass is 280 g/mol. The summed E-state index contributed by atoms with van der Waals surface area (Å²) in [6.45, 7) is 0. The van der Waals surface area contributed by atoms with Crippen LogP contribution >= 0.6 is 0 Å². The third-order valence-corrected chi connectivity index (χ3v) is 4.07. The van der Waals surface area contributed by atoms with E-state index in [0.29, 0.717) is 5.69 Å². The standard InChI is InChI=1S/C18H20N2O/c1-20(2)18(21)17-12-16(9-10-19-17)15-8-7-13-5-3-4-6-14(13)11-15/h7-12H,3-6H2,1-2H3. The van der Waals surface area contributed by atoms with Gasteiger partial charge in [0.25, 0.3) is 5.91 Å². The number of aromatic nitrogens is 1. The number of fused-ring (bicyclic) bond motifs is 1. The van der Waals surface area contributed by atoms with Gasteiger partial charge in [0.05, 0.1) is 0 Å². The fraction of sp³-hybridized carbons (Fsp3) is 0.333. The number of rotatable bonds is 2. The van der Waals surface area contributed by atoms with Crippen molar-refractivity contribution >= 4 is 5.91 Å². The first-order chi connectivity index (χ1) is 10.1. The molecule has 0 saturated carbocycles.